The third-order valence-corrected chi connectivity index (χ3v) is 2.42. The van der Waals surface area contributed by atoms with Crippen molar-refractivity contribution in [1.82, 2.24) is 4.90 Å². The molecule has 0 spiro atoms. The Morgan fingerprint density at radius 3 is 2.88 bits per heavy atom. The Labute approximate surface area is 98.0 Å². The van der Waals surface area contributed by atoms with Gasteiger partial charge >= 0.3 is 0 Å². The number of hydrogen-bond acceptors (Lipinski definition) is 1. The summed E-state index contributed by atoms with van der Waals surface area (Å²) >= 11 is 0. The molecule has 2 nitrogen and oxygen atoms in total. The van der Waals surface area contributed by atoms with Crippen LogP contribution < -0.4 is 0 Å². The molecule has 0 N–H and O–H groups in total. The zero-order chi connectivity index (χ0) is 12.0. The minimum atomic E-state index is 0.868. The van der Waals surface area contributed by atoms with Gasteiger partial charge in [0.15, 0.2) is 0 Å². The highest BCUT2D eigenvalue weighted by atomic mass is 15.2. The first-order chi connectivity index (χ1) is 7.67. The quantitative estimate of drug-likeness (QED) is 0.429. The molecule has 2 heteroatoms. The lowest BCUT2D eigenvalue weighted by molar-refractivity contribution is 0.498. The molecule has 0 amide bonds. The highest BCUT2D eigenvalue weighted by Gasteiger charge is 1.99. The first kappa shape index (κ1) is 12.3. The maximum atomic E-state index is 5.35. The molecule has 84 valence electrons. The van der Waals surface area contributed by atoms with Crippen molar-refractivity contribution in [2.24, 2.45) is 4.99 Å². The molecule has 16 heavy (non-hydrogen) atoms. The fraction of sp³-hybridized carbons (Fsp3) is 0.357. The molecule has 0 aliphatic rings. The molecule has 1 aromatic rings. The lowest BCUT2D eigenvalue weighted by atomic mass is 10.2. The fourth-order valence-corrected chi connectivity index (χ4v) is 1.43. The smallest absolute Gasteiger partial charge is 0.101 e. The second-order valence-electron chi connectivity index (χ2n) is 3.78. The lowest BCUT2D eigenvalue weighted by Crippen LogP contribution is -2.24. The van der Waals surface area contributed by atoms with Gasteiger partial charge in [0.1, 0.15) is 5.84 Å². The maximum absolute atomic E-state index is 5.35. The predicted octanol–water partition coefficient (Wildman–Crippen LogP) is 3.06. The topological polar surface area (TPSA) is 15.6 Å². The van der Waals surface area contributed by atoms with Gasteiger partial charge in [0.05, 0.1) is 5.69 Å². The molecular formula is C14H18N2. The summed E-state index contributed by atoms with van der Waals surface area (Å²) in [5.41, 5.74) is 1.78. The van der Waals surface area contributed by atoms with Crippen LogP contribution in [-0.2, 0) is 0 Å². The molecule has 0 heterocycles. The molecule has 0 radical (unpaired) electrons. The number of hydrogen-bond donors (Lipinski definition) is 0. The van der Waals surface area contributed by atoms with Crippen LogP contribution in [-0.4, -0.2) is 24.3 Å². The van der Waals surface area contributed by atoms with E-state index in [-0.39, 0.29) is 0 Å². The summed E-state index contributed by atoms with van der Waals surface area (Å²) < 4.78 is 0. The van der Waals surface area contributed by atoms with E-state index in [2.05, 4.69) is 22.7 Å². The van der Waals surface area contributed by atoms with Crippen LogP contribution in [0.3, 0.4) is 0 Å². The predicted molar refractivity (Wildman–Crippen MR) is 70.1 cm³/mol. The molecule has 0 atom stereocenters. The number of benzene rings is 1. The van der Waals surface area contributed by atoms with E-state index in [1.54, 1.807) is 0 Å². The lowest BCUT2D eigenvalue weighted by Gasteiger charge is -2.17. The zero-order valence-electron chi connectivity index (χ0n) is 10.2. The van der Waals surface area contributed by atoms with E-state index >= 15 is 0 Å². The Bertz CT molecular complexity index is 413. The third-order valence-electron chi connectivity index (χ3n) is 2.42. The average molecular weight is 214 g/mol. The second kappa shape index (κ2) is 5.97. The van der Waals surface area contributed by atoms with Crippen molar-refractivity contribution in [1.29, 1.82) is 0 Å². The van der Waals surface area contributed by atoms with Crippen molar-refractivity contribution < 1.29 is 0 Å². The van der Waals surface area contributed by atoms with Gasteiger partial charge in [-0.2, -0.15) is 0 Å². The van der Waals surface area contributed by atoms with Crippen molar-refractivity contribution in [2.75, 3.05) is 13.6 Å². The van der Waals surface area contributed by atoms with Gasteiger partial charge in [0, 0.05) is 19.2 Å². The third kappa shape index (κ3) is 3.43. The van der Waals surface area contributed by atoms with Gasteiger partial charge in [0.25, 0.3) is 0 Å². The van der Waals surface area contributed by atoms with E-state index < -0.39 is 0 Å². The normalized spacial score (nSPS) is 11.0. The van der Waals surface area contributed by atoms with Crippen molar-refractivity contribution in [2.45, 2.75) is 20.3 Å². The monoisotopic (exact) mass is 214 g/mol. The number of rotatable bonds is 3. The molecule has 1 aromatic carbocycles. The first-order valence-corrected chi connectivity index (χ1v) is 5.50. The van der Waals surface area contributed by atoms with E-state index in [9.17, 15) is 0 Å². The van der Waals surface area contributed by atoms with Gasteiger partial charge in [-0.05, 0) is 31.5 Å². The number of amidine groups is 1. The molecule has 0 saturated carbocycles. The molecule has 0 aromatic heterocycles. The van der Waals surface area contributed by atoms with E-state index in [1.807, 2.05) is 38.2 Å². The van der Waals surface area contributed by atoms with E-state index in [1.165, 1.54) is 0 Å². The standard InChI is InChI=1S/C14H18N2/c1-5-10-16(4)12(3)15-14-9-7-8-13(6-2)11-14/h2,7-9,11H,5,10H2,1,3-4H3. The molecule has 0 bridgehead atoms. The Morgan fingerprint density at radius 2 is 2.25 bits per heavy atom. The Morgan fingerprint density at radius 1 is 1.50 bits per heavy atom. The van der Waals surface area contributed by atoms with Crippen LogP contribution in [0.4, 0.5) is 5.69 Å². The van der Waals surface area contributed by atoms with E-state index in [0.29, 0.717) is 0 Å². The molecular weight excluding hydrogens is 196 g/mol. The van der Waals surface area contributed by atoms with Gasteiger partial charge in [-0.1, -0.05) is 18.9 Å². The van der Waals surface area contributed by atoms with Crippen LogP contribution in [0.25, 0.3) is 0 Å². The van der Waals surface area contributed by atoms with Crippen molar-refractivity contribution in [3.05, 3.63) is 29.8 Å². The van der Waals surface area contributed by atoms with Crippen molar-refractivity contribution >= 4 is 11.5 Å². The van der Waals surface area contributed by atoms with Crippen LogP contribution in [0.2, 0.25) is 0 Å². The minimum Gasteiger partial charge on any atom is -0.363 e. The summed E-state index contributed by atoms with van der Waals surface area (Å²) in [4.78, 5) is 6.67. The van der Waals surface area contributed by atoms with Gasteiger partial charge in [0.2, 0.25) is 0 Å². The summed E-state index contributed by atoms with van der Waals surface area (Å²) in [6, 6.07) is 7.72. The largest absolute Gasteiger partial charge is 0.363 e. The number of terminal acetylenes is 1. The van der Waals surface area contributed by atoms with Crippen molar-refractivity contribution in [3.8, 4) is 12.3 Å². The van der Waals surface area contributed by atoms with Gasteiger partial charge < -0.3 is 4.90 Å². The highest BCUT2D eigenvalue weighted by molar-refractivity contribution is 5.82. The molecule has 0 saturated heterocycles. The van der Waals surface area contributed by atoms with Gasteiger partial charge in [-0.15, -0.1) is 6.42 Å². The van der Waals surface area contributed by atoms with Gasteiger partial charge in [-0.3, -0.25) is 0 Å². The highest BCUT2D eigenvalue weighted by Crippen LogP contribution is 2.14. The summed E-state index contributed by atoms with van der Waals surface area (Å²) in [5.74, 6) is 3.62. The SMILES string of the molecule is C#Cc1cccc(N=C(C)N(C)CCC)c1. The van der Waals surface area contributed by atoms with Gasteiger partial charge in [-0.25, -0.2) is 4.99 Å². The van der Waals surface area contributed by atoms with Crippen LogP contribution in [0, 0.1) is 12.3 Å². The van der Waals surface area contributed by atoms with Crippen LogP contribution in [0.15, 0.2) is 29.3 Å². The van der Waals surface area contributed by atoms with Crippen LogP contribution >= 0.6 is 0 Å². The van der Waals surface area contributed by atoms with Crippen molar-refractivity contribution in [3.63, 3.8) is 0 Å². The van der Waals surface area contributed by atoms with E-state index in [0.717, 1.165) is 30.1 Å². The Balaban J connectivity index is 2.85. The number of nitrogens with zero attached hydrogens (tertiary/aromatic N) is 2. The summed E-state index contributed by atoms with van der Waals surface area (Å²) in [6.07, 6.45) is 6.47. The number of aliphatic imine (C=N–C) groups is 1. The van der Waals surface area contributed by atoms with Crippen LogP contribution in [0.5, 0.6) is 0 Å². The summed E-state index contributed by atoms with van der Waals surface area (Å²) in [6.45, 7) is 5.19. The molecule has 0 unspecified atom stereocenters. The molecule has 0 fully saturated rings. The molecule has 0 aliphatic carbocycles. The fourth-order valence-electron chi connectivity index (χ4n) is 1.43. The molecule has 1 rings (SSSR count). The Hall–Kier alpha value is -1.75. The maximum Gasteiger partial charge on any atom is 0.101 e. The summed E-state index contributed by atoms with van der Waals surface area (Å²) in [7, 11) is 2.05. The van der Waals surface area contributed by atoms with Crippen LogP contribution in [0.1, 0.15) is 25.8 Å². The second-order valence-corrected chi connectivity index (χ2v) is 3.78. The Kier molecular flexibility index (Phi) is 4.60. The molecule has 0 aliphatic heterocycles. The average Bonchev–Trinajstić information content (AvgIpc) is 2.29. The first-order valence-electron chi connectivity index (χ1n) is 5.50. The van der Waals surface area contributed by atoms with E-state index in [4.69, 9.17) is 6.42 Å². The zero-order valence-corrected chi connectivity index (χ0v) is 10.2. The summed E-state index contributed by atoms with van der Waals surface area (Å²) in [5, 5.41) is 0. The minimum absolute atomic E-state index is 0.868.